The number of benzene rings is 2. The Kier molecular flexibility index (Phi) is 5.51. The maximum atomic E-state index is 10.7. The molecule has 110 valence electrons. The van der Waals surface area contributed by atoms with Gasteiger partial charge in [-0.3, -0.25) is 10.1 Å². The van der Waals surface area contributed by atoms with E-state index in [9.17, 15) is 10.1 Å². The van der Waals surface area contributed by atoms with Crippen LogP contribution in [0, 0.1) is 10.1 Å². The Morgan fingerprint density at radius 1 is 1.00 bits per heavy atom. The van der Waals surface area contributed by atoms with E-state index in [-0.39, 0.29) is 11.4 Å². The molecule has 2 aromatic carbocycles. The van der Waals surface area contributed by atoms with Crippen molar-refractivity contribution in [1.82, 2.24) is 9.97 Å². The Morgan fingerprint density at radius 3 is 2.32 bits per heavy atom. The molecule has 0 aliphatic rings. The number of hydrogen-bond donors (Lipinski definition) is 1. The zero-order chi connectivity index (χ0) is 15.6. The number of H-pyrrole nitrogens is 1. The molecular formula is C15H13N5O2. The molecule has 0 unspecified atom stereocenters. The van der Waals surface area contributed by atoms with Gasteiger partial charge in [-0.15, -0.1) is 5.11 Å². The smallest absolute Gasteiger partial charge is 0.296 e. The predicted molar refractivity (Wildman–Crippen MR) is 82.3 cm³/mol. The first kappa shape index (κ1) is 15.0. The zero-order valence-corrected chi connectivity index (χ0v) is 11.5. The van der Waals surface area contributed by atoms with Crippen LogP contribution in [0.4, 0.5) is 17.1 Å². The number of hydrogen-bond acceptors (Lipinski definition) is 5. The Hall–Kier alpha value is -3.35. The number of azo groups is 1. The van der Waals surface area contributed by atoms with Gasteiger partial charge in [0.2, 0.25) is 0 Å². The lowest BCUT2D eigenvalue weighted by atomic mass is 10.3. The van der Waals surface area contributed by atoms with Gasteiger partial charge in [0, 0.05) is 18.5 Å². The summed E-state index contributed by atoms with van der Waals surface area (Å²) in [7, 11) is 0. The van der Waals surface area contributed by atoms with Gasteiger partial charge in [0.05, 0.1) is 16.9 Å². The van der Waals surface area contributed by atoms with E-state index in [0.717, 1.165) is 0 Å². The van der Waals surface area contributed by atoms with Crippen LogP contribution in [0.3, 0.4) is 0 Å². The summed E-state index contributed by atoms with van der Waals surface area (Å²) < 4.78 is 0. The third kappa shape index (κ3) is 4.64. The standard InChI is InChI=1S/C12H9N3O2.C3H4N2/c16-15(17)12-9-5-4-8-11(12)14-13-10-6-2-1-3-7-10;1-2-5-3-4-1/h1-9H;1-3H,(H,4,5). The molecule has 0 fully saturated rings. The largest absolute Gasteiger partial charge is 0.351 e. The fourth-order valence-corrected chi connectivity index (χ4v) is 1.52. The molecule has 3 rings (SSSR count). The van der Waals surface area contributed by atoms with Crippen molar-refractivity contribution >= 4 is 17.1 Å². The van der Waals surface area contributed by atoms with E-state index in [0.29, 0.717) is 5.69 Å². The molecule has 22 heavy (non-hydrogen) atoms. The summed E-state index contributed by atoms with van der Waals surface area (Å²) >= 11 is 0. The van der Waals surface area contributed by atoms with Gasteiger partial charge in [-0.1, -0.05) is 30.3 Å². The fraction of sp³-hybridized carbons (Fsp3) is 0. The Bertz CT molecular complexity index is 709. The van der Waals surface area contributed by atoms with Gasteiger partial charge in [0.1, 0.15) is 0 Å². The highest BCUT2D eigenvalue weighted by molar-refractivity contribution is 5.56. The lowest BCUT2D eigenvalue weighted by molar-refractivity contribution is -0.384. The third-order valence-electron chi connectivity index (χ3n) is 2.51. The maximum Gasteiger partial charge on any atom is 0.296 e. The van der Waals surface area contributed by atoms with E-state index in [1.54, 1.807) is 49.1 Å². The summed E-state index contributed by atoms with van der Waals surface area (Å²) in [4.78, 5) is 16.7. The summed E-state index contributed by atoms with van der Waals surface area (Å²) in [5.41, 5.74) is 0.860. The van der Waals surface area contributed by atoms with E-state index in [1.165, 1.54) is 6.07 Å². The molecule has 0 atom stereocenters. The number of imidazole rings is 1. The number of rotatable bonds is 3. The van der Waals surface area contributed by atoms with Crippen molar-refractivity contribution in [1.29, 1.82) is 0 Å². The maximum absolute atomic E-state index is 10.7. The van der Waals surface area contributed by atoms with E-state index >= 15 is 0 Å². The molecular weight excluding hydrogens is 282 g/mol. The fourth-order valence-electron chi connectivity index (χ4n) is 1.52. The topological polar surface area (TPSA) is 96.5 Å². The van der Waals surface area contributed by atoms with Gasteiger partial charge in [-0.2, -0.15) is 5.11 Å². The van der Waals surface area contributed by atoms with Gasteiger partial charge in [0.15, 0.2) is 5.69 Å². The van der Waals surface area contributed by atoms with E-state index in [2.05, 4.69) is 20.2 Å². The molecule has 0 bridgehead atoms. The first-order valence-electron chi connectivity index (χ1n) is 6.40. The first-order valence-corrected chi connectivity index (χ1v) is 6.40. The highest BCUT2D eigenvalue weighted by Gasteiger charge is 2.11. The summed E-state index contributed by atoms with van der Waals surface area (Å²) in [6, 6.07) is 15.3. The minimum absolute atomic E-state index is 0.0489. The minimum Gasteiger partial charge on any atom is -0.351 e. The second-order valence-corrected chi connectivity index (χ2v) is 4.04. The molecule has 3 aromatic rings. The molecule has 1 aromatic heterocycles. The van der Waals surface area contributed by atoms with Crippen LogP contribution in [-0.4, -0.2) is 14.9 Å². The van der Waals surface area contributed by atoms with Crippen molar-refractivity contribution in [2.45, 2.75) is 0 Å². The van der Waals surface area contributed by atoms with Crippen molar-refractivity contribution in [3.8, 4) is 0 Å². The van der Waals surface area contributed by atoms with Crippen LogP contribution >= 0.6 is 0 Å². The van der Waals surface area contributed by atoms with Crippen molar-refractivity contribution in [2.75, 3.05) is 0 Å². The SMILES string of the molecule is O=[N+]([O-])c1ccccc1N=Nc1ccccc1.c1c[nH]cn1. The van der Waals surface area contributed by atoms with Gasteiger partial charge < -0.3 is 4.98 Å². The van der Waals surface area contributed by atoms with Crippen molar-refractivity contribution in [2.24, 2.45) is 10.2 Å². The number of nitro benzene ring substituents is 1. The van der Waals surface area contributed by atoms with Gasteiger partial charge in [-0.25, -0.2) is 4.98 Å². The number of nitrogens with zero attached hydrogens (tertiary/aromatic N) is 4. The minimum atomic E-state index is -0.473. The van der Waals surface area contributed by atoms with Crippen molar-refractivity contribution in [3.05, 3.63) is 83.4 Å². The molecule has 7 nitrogen and oxygen atoms in total. The predicted octanol–water partition coefficient (Wildman–Crippen LogP) is 4.42. The number of nitrogens with one attached hydrogen (secondary N) is 1. The summed E-state index contributed by atoms with van der Waals surface area (Å²) in [6.45, 7) is 0. The molecule has 7 heteroatoms. The van der Waals surface area contributed by atoms with Gasteiger partial charge in [-0.05, 0) is 18.2 Å². The van der Waals surface area contributed by atoms with Crippen molar-refractivity contribution < 1.29 is 4.92 Å². The summed E-state index contributed by atoms with van der Waals surface area (Å²) in [6.07, 6.45) is 5.08. The first-order chi connectivity index (χ1) is 10.8. The number of para-hydroxylation sites is 1. The highest BCUT2D eigenvalue weighted by Crippen LogP contribution is 2.27. The van der Waals surface area contributed by atoms with E-state index in [4.69, 9.17) is 0 Å². The molecule has 0 spiro atoms. The molecule has 0 saturated carbocycles. The van der Waals surface area contributed by atoms with Crippen LogP contribution in [0.1, 0.15) is 0 Å². The number of aromatic amines is 1. The average Bonchev–Trinajstić information content (AvgIpc) is 3.14. The monoisotopic (exact) mass is 295 g/mol. The van der Waals surface area contributed by atoms with Crippen LogP contribution in [0.2, 0.25) is 0 Å². The second kappa shape index (κ2) is 8.05. The summed E-state index contributed by atoms with van der Waals surface area (Å²) in [5, 5.41) is 18.6. The second-order valence-electron chi connectivity index (χ2n) is 4.04. The number of aromatic nitrogens is 2. The molecule has 0 radical (unpaired) electrons. The molecule has 0 aliphatic carbocycles. The molecule has 0 saturated heterocycles. The van der Waals surface area contributed by atoms with Gasteiger partial charge >= 0.3 is 0 Å². The summed E-state index contributed by atoms with van der Waals surface area (Å²) in [5.74, 6) is 0. The van der Waals surface area contributed by atoms with Crippen LogP contribution in [0.25, 0.3) is 0 Å². The van der Waals surface area contributed by atoms with Crippen LogP contribution in [0.5, 0.6) is 0 Å². The van der Waals surface area contributed by atoms with E-state index in [1.807, 2.05) is 18.2 Å². The van der Waals surface area contributed by atoms with Crippen LogP contribution in [0.15, 0.2) is 83.5 Å². The normalized spacial score (nSPS) is 10.0. The van der Waals surface area contributed by atoms with E-state index < -0.39 is 4.92 Å². The molecule has 0 amide bonds. The average molecular weight is 295 g/mol. The molecule has 1 heterocycles. The Labute approximate surface area is 126 Å². The Balaban J connectivity index is 0.000000299. The lowest BCUT2D eigenvalue weighted by Crippen LogP contribution is -1.86. The van der Waals surface area contributed by atoms with Crippen LogP contribution < -0.4 is 0 Å². The quantitative estimate of drug-likeness (QED) is 0.440. The van der Waals surface area contributed by atoms with Crippen molar-refractivity contribution in [3.63, 3.8) is 0 Å². The highest BCUT2D eigenvalue weighted by atomic mass is 16.6. The third-order valence-corrected chi connectivity index (χ3v) is 2.51. The lowest BCUT2D eigenvalue weighted by Gasteiger charge is -1.95. The Morgan fingerprint density at radius 2 is 1.73 bits per heavy atom. The molecule has 0 aliphatic heterocycles. The van der Waals surface area contributed by atoms with Gasteiger partial charge in [0.25, 0.3) is 5.69 Å². The molecule has 1 N–H and O–H groups in total. The van der Waals surface area contributed by atoms with Crippen LogP contribution in [-0.2, 0) is 0 Å². The number of nitro groups is 1. The zero-order valence-electron chi connectivity index (χ0n) is 11.5.